The molecule has 6 heteroatoms. The standard InChI is InChI=1S/C10H18FNO3S/c1-7(2)8(3)12-5-9(4-10(12)13)6-16(11,14)15/h7-9H,4-6H2,1-3H3. The molecule has 0 radical (unpaired) electrons. The molecule has 4 nitrogen and oxygen atoms in total. The van der Waals surface area contributed by atoms with Crippen LogP contribution in [-0.4, -0.2) is 37.6 Å². The molecule has 1 saturated heterocycles. The Morgan fingerprint density at radius 3 is 2.44 bits per heavy atom. The Bertz CT molecular complexity index is 366. The lowest BCUT2D eigenvalue weighted by atomic mass is 10.1. The maximum absolute atomic E-state index is 12.5. The van der Waals surface area contributed by atoms with Gasteiger partial charge < -0.3 is 4.90 Å². The minimum atomic E-state index is -4.48. The van der Waals surface area contributed by atoms with E-state index < -0.39 is 21.9 Å². The van der Waals surface area contributed by atoms with E-state index in [2.05, 4.69) is 0 Å². The van der Waals surface area contributed by atoms with Crippen LogP contribution < -0.4 is 0 Å². The van der Waals surface area contributed by atoms with Gasteiger partial charge in [0.25, 0.3) is 0 Å². The largest absolute Gasteiger partial charge is 0.339 e. The van der Waals surface area contributed by atoms with Gasteiger partial charge in [0.15, 0.2) is 0 Å². The monoisotopic (exact) mass is 251 g/mol. The van der Waals surface area contributed by atoms with Crippen molar-refractivity contribution in [3.63, 3.8) is 0 Å². The second kappa shape index (κ2) is 4.69. The van der Waals surface area contributed by atoms with E-state index in [4.69, 9.17) is 0 Å². The fraction of sp³-hybridized carbons (Fsp3) is 0.900. The number of carbonyl (C=O) groups excluding carboxylic acids is 1. The van der Waals surface area contributed by atoms with Crippen molar-refractivity contribution in [2.45, 2.75) is 33.2 Å². The SMILES string of the molecule is CC(C)C(C)N1CC(CS(=O)(=O)F)CC1=O. The van der Waals surface area contributed by atoms with E-state index in [0.29, 0.717) is 12.5 Å². The molecule has 16 heavy (non-hydrogen) atoms. The Labute approximate surface area is 96.0 Å². The van der Waals surface area contributed by atoms with Gasteiger partial charge in [-0.2, -0.15) is 8.42 Å². The Hall–Kier alpha value is -0.650. The lowest BCUT2D eigenvalue weighted by molar-refractivity contribution is -0.130. The molecule has 2 atom stereocenters. The molecule has 1 heterocycles. The molecular weight excluding hydrogens is 233 g/mol. The summed E-state index contributed by atoms with van der Waals surface area (Å²) in [6, 6.07) is 0.0693. The molecule has 0 spiro atoms. The number of hydrogen-bond acceptors (Lipinski definition) is 3. The topological polar surface area (TPSA) is 54.5 Å². The Morgan fingerprint density at radius 2 is 2.00 bits per heavy atom. The second-order valence-corrected chi connectivity index (χ2v) is 6.22. The molecule has 0 aliphatic carbocycles. The van der Waals surface area contributed by atoms with Crippen LogP contribution in [0.4, 0.5) is 3.89 Å². The van der Waals surface area contributed by atoms with Gasteiger partial charge in [-0.25, -0.2) is 0 Å². The summed E-state index contributed by atoms with van der Waals surface area (Å²) in [4.78, 5) is 13.3. The van der Waals surface area contributed by atoms with Crippen molar-refractivity contribution in [2.75, 3.05) is 12.3 Å². The lowest BCUT2D eigenvalue weighted by Crippen LogP contribution is -2.38. The van der Waals surface area contributed by atoms with E-state index in [-0.39, 0.29) is 18.4 Å². The molecule has 1 aliphatic heterocycles. The van der Waals surface area contributed by atoms with Crippen LogP contribution in [0.15, 0.2) is 0 Å². The van der Waals surface area contributed by atoms with E-state index in [1.165, 1.54) is 0 Å². The molecule has 0 aromatic carbocycles. The number of likely N-dealkylation sites (tertiary alicyclic amines) is 1. The number of halogens is 1. The first kappa shape index (κ1) is 13.4. The zero-order valence-electron chi connectivity index (χ0n) is 9.81. The summed E-state index contributed by atoms with van der Waals surface area (Å²) in [6.45, 7) is 6.27. The highest BCUT2D eigenvalue weighted by molar-refractivity contribution is 7.86. The third-order valence-electron chi connectivity index (χ3n) is 3.13. The third-order valence-corrected chi connectivity index (χ3v) is 4.00. The zero-order chi connectivity index (χ0) is 12.5. The van der Waals surface area contributed by atoms with Gasteiger partial charge in [-0.3, -0.25) is 4.79 Å². The number of nitrogens with zero attached hydrogens (tertiary/aromatic N) is 1. The molecule has 0 N–H and O–H groups in total. The first-order valence-corrected chi connectivity index (χ1v) is 6.97. The fourth-order valence-corrected chi connectivity index (χ4v) is 2.74. The Balaban J connectivity index is 2.64. The van der Waals surface area contributed by atoms with Gasteiger partial charge in [0.05, 0.1) is 5.75 Å². The normalized spacial score (nSPS) is 24.2. The van der Waals surface area contributed by atoms with Crippen LogP contribution in [0.25, 0.3) is 0 Å². The molecule has 1 rings (SSSR count). The summed E-state index contributed by atoms with van der Waals surface area (Å²) < 4.78 is 33.5. The van der Waals surface area contributed by atoms with Gasteiger partial charge >= 0.3 is 10.2 Å². The van der Waals surface area contributed by atoms with E-state index in [1.54, 1.807) is 4.90 Å². The van der Waals surface area contributed by atoms with E-state index in [1.807, 2.05) is 20.8 Å². The summed E-state index contributed by atoms with van der Waals surface area (Å²) in [6.07, 6.45) is 0.139. The molecule has 1 fully saturated rings. The molecule has 0 saturated carbocycles. The summed E-state index contributed by atoms with van der Waals surface area (Å²) >= 11 is 0. The molecule has 0 aromatic heterocycles. The van der Waals surface area contributed by atoms with Crippen molar-refractivity contribution >= 4 is 16.1 Å². The predicted molar refractivity (Wildman–Crippen MR) is 59.0 cm³/mol. The average Bonchev–Trinajstić information content (AvgIpc) is 2.41. The van der Waals surface area contributed by atoms with E-state index in [0.717, 1.165) is 0 Å². The first-order chi connectivity index (χ1) is 7.20. The maximum Gasteiger partial charge on any atom is 0.302 e. The van der Waals surface area contributed by atoms with E-state index in [9.17, 15) is 17.1 Å². The molecule has 2 unspecified atom stereocenters. The van der Waals surface area contributed by atoms with Crippen LogP contribution in [-0.2, 0) is 15.0 Å². The van der Waals surface area contributed by atoms with Crippen LogP contribution in [0.3, 0.4) is 0 Å². The summed E-state index contributed by atoms with van der Waals surface area (Å²) in [5.41, 5.74) is 0. The summed E-state index contributed by atoms with van der Waals surface area (Å²) in [7, 11) is -4.48. The third kappa shape index (κ3) is 3.43. The van der Waals surface area contributed by atoms with Gasteiger partial charge in [-0.1, -0.05) is 13.8 Å². The lowest BCUT2D eigenvalue weighted by Gasteiger charge is -2.27. The highest BCUT2D eigenvalue weighted by atomic mass is 32.3. The van der Waals surface area contributed by atoms with Crippen molar-refractivity contribution in [1.29, 1.82) is 0 Å². The van der Waals surface area contributed by atoms with Crippen LogP contribution in [0.5, 0.6) is 0 Å². The van der Waals surface area contributed by atoms with Gasteiger partial charge in [-0.15, -0.1) is 3.89 Å². The second-order valence-electron chi connectivity index (χ2n) is 4.81. The molecule has 1 aliphatic rings. The van der Waals surface area contributed by atoms with Gasteiger partial charge in [0.2, 0.25) is 5.91 Å². The van der Waals surface area contributed by atoms with Crippen molar-refractivity contribution in [1.82, 2.24) is 4.90 Å². The minimum absolute atomic E-state index is 0.0693. The zero-order valence-corrected chi connectivity index (χ0v) is 10.6. The quantitative estimate of drug-likeness (QED) is 0.705. The molecular formula is C10H18FNO3S. The van der Waals surface area contributed by atoms with Crippen molar-refractivity contribution < 1.29 is 17.1 Å². The molecule has 94 valence electrons. The van der Waals surface area contributed by atoms with Crippen molar-refractivity contribution in [3.8, 4) is 0 Å². The Morgan fingerprint density at radius 1 is 1.44 bits per heavy atom. The number of rotatable bonds is 4. The molecule has 1 amide bonds. The summed E-state index contributed by atoms with van der Waals surface area (Å²) in [5.74, 6) is -0.705. The first-order valence-electron chi connectivity index (χ1n) is 5.42. The highest BCUT2D eigenvalue weighted by Gasteiger charge is 2.35. The highest BCUT2D eigenvalue weighted by Crippen LogP contribution is 2.24. The van der Waals surface area contributed by atoms with Gasteiger partial charge in [0, 0.05) is 24.9 Å². The van der Waals surface area contributed by atoms with E-state index >= 15 is 0 Å². The van der Waals surface area contributed by atoms with Crippen molar-refractivity contribution in [3.05, 3.63) is 0 Å². The van der Waals surface area contributed by atoms with Crippen LogP contribution >= 0.6 is 0 Å². The molecule has 0 bridgehead atoms. The summed E-state index contributed by atoms with van der Waals surface area (Å²) in [5, 5.41) is 0. The number of amides is 1. The fourth-order valence-electron chi connectivity index (χ4n) is 1.96. The average molecular weight is 251 g/mol. The number of hydrogen-bond donors (Lipinski definition) is 0. The minimum Gasteiger partial charge on any atom is -0.339 e. The van der Waals surface area contributed by atoms with Crippen LogP contribution in [0.1, 0.15) is 27.2 Å². The van der Waals surface area contributed by atoms with Crippen LogP contribution in [0.2, 0.25) is 0 Å². The smallest absolute Gasteiger partial charge is 0.302 e. The van der Waals surface area contributed by atoms with Gasteiger partial charge in [-0.05, 0) is 12.8 Å². The van der Waals surface area contributed by atoms with Gasteiger partial charge in [0.1, 0.15) is 0 Å². The maximum atomic E-state index is 12.5. The Kier molecular flexibility index (Phi) is 3.93. The predicted octanol–water partition coefficient (Wildman–Crippen LogP) is 1.18. The number of carbonyl (C=O) groups is 1. The molecule has 0 aromatic rings. The van der Waals surface area contributed by atoms with Crippen molar-refractivity contribution in [2.24, 2.45) is 11.8 Å². The van der Waals surface area contributed by atoms with Crippen LogP contribution in [0, 0.1) is 11.8 Å².